The lowest BCUT2D eigenvalue weighted by Crippen LogP contribution is -2.62. The average Bonchev–Trinajstić information content (AvgIpc) is 3.68. The first-order chi connectivity index (χ1) is 23.3. The van der Waals surface area contributed by atoms with Crippen LogP contribution in [-0.2, 0) is 42.2 Å². The fourth-order valence-corrected chi connectivity index (χ4v) is 8.27. The van der Waals surface area contributed by atoms with Gasteiger partial charge >= 0.3 is 6.09 Å². The van der Waals surface area contributed by atoms with Crippen LogP contribution in [0.2, 0.25) is 0 Å². The molecule has 1 aromatic carbocycles. The van der Waals surface area contributed by atoms with E-state index in [1.807, 2.05) is 6.08 Å². The summed E-state index contributed by atoms with van der Waals surface area (Å²) in [5.74, 6) is -2.34. The van der Waals surface area contributed by atoms with Gasteiger partial charge in [-0.15, -0.1) is 0 Å². The Bertz CT molecular complexity index is 1600. The molecule has 3 heterocycles. The first-order valence-corrected chi connectivity index (χ1v) is 18.9. The predicted octanol–water partition coefficient (Wildman–Crippen LogP) is 2.62. The second-order valence-corrected chi connectivity index (χ2v) is 15.8. The van der Waals surface area contributed by atoms with Gasteiger partial charge in [-0.05, 0) is 68.8 Å². The molecule has 0 bridgehead atoms. The number of hydrogen-bond acceptors (Lipinski definition) is 8. The Hall–Kier alpha value is -3.79. The molecule has 4 aliphatic rings. The molecule has 1 aliphatic carbocycles. The van der Waals surface area contributed by atoms with E-state index in [0.29, 0.717) is 36.8 Å². The van der Waals surface area contributed by atoms with Crippen molar-refractivity contribution in [1.82, 2.24) is 25.2 Å². The highest BCUT2D eigenvalue weighted by atomic mass is 32.2. The van der Waals surface area contributed by atoms with Crippen molar-refractivity contribution in [1.29, 1.82) is 0 Å². The Balaban J connectivity index is 1.39. The number of fused-ring (bicyclic) bond motifs is 2. The summed E-state index contributed by atoms with van der Waals surface area (Å²) in [6.07, 6.45) is 6.80. The van der Waals surface area contributed by atoms with Gasteiger partial charge in [0.25, 0.3) is 5.91 Å². The summed E-state index contributed by atoms with van der Waals surface area (Å²) >= 11 is 5.06. The lowest BCUT2D eigenvalue weighted by molar-refractivity contribution is -0.141. The summed E-state index contributed by atoms with van der Waals surface area (Å²) in [5, 5.41) is 5.20. The molecule has 268 valence electrons. The van der Waals surface area contributed by atoms with E-state index in [4.69, 9.17) is 22.7 Å². The number of ether oxygens (including phenoxy) is 1. The summed E-state index contributed by atoms with van der Waals surface area (Å²) < 4.78 is 47.9. The largest absolute Gasteiger partial charge is 0.444 e. The second-order valence-electron chi connectivity index (χ2n) is 13.4. The van der Waals surface area contributed by atoms with Gasteiger partial charge in [-0.3, -0.25) is 24.0 Å². The standard InChI is InChI=1S/C33H45FN6O7S2/c1-2-33(30(43)38-49(45,46)24-13-14-24)15-8-6-4-3-5-7-11-22(36-31(35)48)16-28(41)40-19-23(17-27(40)29(42)37-33)47-32(44)39-18-21-10-9-12-26(34)25(21)20-39/h6,8-10,12,22-24,27H,2-5,7,11,13-20H2,1H3,(H,37,42)(H,38,43)(H3,35,36,48)/b8-6-/t22-,23+,27-,33+/m0/s1. The van der Waals surface area contributed by atoms with Gasteiger partial charge in [-0.1, -0.05) is 44.1 Å². The normalized spacial score (nSPS) is 27.4. The third kappa shape index (κ3) is 8.87. The van der Waals surface area contributed by atoms with Crippen LogP contribution in [0, 0.1) is 5.82 Å². The van der Waals surface area contributed by atoms with E-state index in [0.717, 1.165) is 19.3 Å². The van der Waals surface area contributed by atoms with Crippen LogP contribution in [0.15, 0.2) is 30.4 Å². The van der Waals surface area contributed by atoms with Gasteiger partial charge in [-0.2, -0.15) is 0 Å². The lowest BCUT2D eigenvalue weighted by Gasteiger charge is -2.34. The summed E-state index contributed by atoms with van der Waals surface area (Å²) in [6.45, 7) is 1.76. The van der Waals surface area contributed by atoms with Gasteiger partial charge in [0.2, 0.25) is 21.8 Å². The van der Waals surface area contributed by atoms with Crippen LogP contribution in [0.3, 0.4) is 0 Å². The molecule has 1 aromatic rings. The van der Waals surface area contributed by atoms with E-state index in [9.17, 15) is 32.0 Å². The maximum atomic E-state index is 14.4. The maximum absolute atomic E-state index is 14.4. The zero-order valence-electron chi connectivity index (χ0n) is 27.6. The highest BCUT2D eigenvalue weighted by molar-refractivity contribution is 7.91. The van der Waals surface area contributed by atoms with Crippen LogP contribution >= 0.6 is 12.2 Å². The molecule has 4 atom stereocenters. The van der Waals surface area contributed by atoms with Crippen molar-refractivity contribution < 1.29 is 36.7 Å². The monoisotopic (exact) mass is 720 g/mol. The molecule has 4 amide bonds. The van der Waals surface area contributed by atoms with Gasteiger partial charge in [0.1, 0.15) is 23.5 Å². The fraction of sp³-hybridized carbons (Fsp3) is 0.606. The minimum Gasteiger partial charge on any atom is -0.444 e. The van der Waals surface area contributed by atoms with Crippen molar-refractivity contribution in [3.05, 3.63) is 47.3 Å². The number of carbonyl (C=O) groups excluding carboxylic acids is 4. The van der Waals surface area contributed by atoms with Gasteiger partial charge in [-0.25, -0.2) is 17.6 Å². The molecule has 5 N–H and O–H groups in total. The summed E-state index contributed by atoms with van der Waals surface area (Å²) in [6, 6.07) is 3.10. The molecule has 1 saturated heterocycles. The fourth-order valence-electron chi connectivity index (χ4n) is 6.72. The molecule has 0 spiro atoms. The van der Waals surface area contributed by atoms with E-state index in [2.05, 4.69) is 15.4 Å². The Morgan fingerprint density at radius 3 is 2.61 bits per heavy atom. The quantitative estimate of drug-likeness (QED) is 0.252. The smallest absolute Gasteiger partial charge is 0.410 e. The lowest BCUT2D eigenvalue weighted by atomic mass is 9.89. The Morgan fingerprint density at radius 1 is 1.14 bits per heavy atom. The number of hydrogen-bond donors (Lipinski definition) is 4. The van der Waals surface area contributed by atoms with Crippen LogP contribution in [0.25, 0.3) is 0 Å². The number of carbonyl (C=O) groups is 4. The molecule has 5 rings (SSSR count). The number of allylic oxidation sites excluding steroid dienone is 1. The molecule has 13 nitrogen and oxygen atoms in total. The van der Waals surface area contributed by atoms with Crippen LogP contribution in [-0.4, -0.2) is 82.7 Å². The number of sulfonamides is 1. The first kappa shape index (κ1) is 36.5. The third-order valence-electron chi connectivity index (χ3n) is 9.76. The molecule has 0 radical (unpaired) electrons. The van der Waals surface area contributed by atoms with Crippen molar-refractivity contribution in [2.24, 2.45) is 5.73 Å². The van der Waals surface area contributed by atoms with Crippen LogP contribution in [0.1, 0.15) is 88.7 Å². The average molecular weight is 721 g/mol. The number of rotatable bonds is 6. The molecule has 3 aliphatic heterocycles. The summed E-state index contributed by atoms with van der Waals surface area (Å²) in [5.41, 5.74) is 5.22. The second kappa shape index (κ2) is 15.4. The van der Waals surface area contributed by atoms with Gasteiger partial charge in [0, 0.05) is 31.0 Å². The maximum Gasteiger partial charge on any atom is 0.410 e. The number of benzene rings is 1. The molecule has 16 heteroatoms. The van der Waals surface area contributed by atoms with Crippen molar-refractivity contribution in [2.45, 2.75) is 120 Å². The van der Waals surface area contributed by atoms with E-state index in [-0.39, 0.29) is 50.4 Å². The SMILES string of the molecule is CC[C@]1(C(=O)NS(=O)(=O)C2CC2)C/C=C\CCCCC[C@H](NC(N)=S)CC(=O)N2C[C@H](OC(=O)N3Cc4cccc(F)c4C3)C[C@H]2C(=O)N1. The summed E-state index contributed by atoms with van der Waals surface area (Å²) in [7, 11) is -3.92. The Kier molecular flexibility index (Phi) is 11.5. The number of thiocarbonyl (C=S) groups is 1. The minimum absolute atomic E-state index is 0.0257. The van der Waals surface area contributed by atoms with Crippen LogP contribution in [0.4, 0.5) is 9.18 Å². The molecule has 0 unspecified atom stereocenters. The van der Waals surface area contributed by atoms with Crippen molar-refractivity contribution in [3.63, 3.8) is 0 Å². The Labute approximate surface area is 291 Å². The first-order valence-electron chi connectivity index (χ1n) is 16.9. The van der Waals surface area contributed by atoms with E-state index in [1.165, 1.54) is 15.9 Å². The molecule has 49 heavy (non-hydrogen) atoms. The number of nitrogens with zero attached hydrogens (tertiary/aromatic N) is 2. The molecule has 0 aromatic heterocycles. The van der Waals surface area contributed by atoms with Gasteiger partial charge < -0.3 is 26.0 Å². The van der Waals surface area contributed by atoms with Crippen LogP contribution < -0.4 is 21.1 Å². The van der Waals surface area contributed by atoms with Gasteiger partial charge in [0.05, 0.1) is 18.3 Å². The van der Waals surface area contributed by atoms with Gasteiger partial charge in [0.15, 0.2) is 5.11 Å². The summed E-state index contributed by atoms with van der Waals surface area (Å²) in [4.78, 5) is 57.7. The molecular weight excluding hydrogens is 676 g/mol. The third-order valence-corrected chi connectivity index (χ3v) is 11.7. The van der Waals surface area contributed by atoms with Crippen molar-refractivity contribution in [2.75, 3.05) is 6.54 Å². The number of amides is 4. The topological polar surface area (TPSA) is 180 Å². The highest BCUT2D eigenvalue weighted by Gasteiger charge is 2.48. The van der Waals surface area contributed by atoms with E-state index < -0.39 is 68.6 Å². The van der Waals surface area contributed by atoms with Crippen LogP contribution in [0.5, 0.6) is 0 Å². The Morgan fingerprint density at radius 2 is 1.92 bits per heavy atom. The predicted molar refractivity (Wildman–Crippen MR) is 182 cm³/mol. The number of nitrogens with two attached hydrogens (primary N) is 1. The zero-order chi connectivity index (χ0) is 35.3. The van der Waals surface area contributed by atoms with E-state index >= 15 is 0 Å². The van der Waals surface area contributed by atoms with Crippen molar-refractivity contribution >= 4 is 51.2 Å². The molecule has 2 fully saturated rings. The minimum atomic E-state index is -3.92. The molecular formula is C33H45FN6O7S2. The number of halogens is 1. The zero-order valence-corrected chi connectivity index (χ0v) is 29.3. The van der Waals surface area contributed by atoms with Crippen molar-refractivity contribution in [3.8, 4) is 0 Å². The number of nitrogens with one attached hydrogen (secondary N) is 3. The molecule has 1 saturated carbocycles. The highest BCUT2D eigenvalue weighted by Crippen LogP contribution is 2.31. The van der Waals surface area contributed by atoms with E-state index in [1.54, 1.807) is 25.1 Å².